The fourth-order valence-corrected chi connectivity index (χ4v) is 3.08. The molecule has 29 heavy (non-hydrogen) atoms. The molecule has 1 unspecified atom stereocenters. The predicted octanol–water partition coefficient (Wildman–Crippen LogP) is 1.79. The van der Waals surface area contributed by atoms with Gasteiger partial charge in [-0.05, 0) is 36.4 Å². The van der Waals surface area contributed by atoms with Crippen LogP contribution in [-0.2, 0) is 14.3 Å². The maximum absolute atomic E-state index is 12.9. The molecule has 0 saturated carbocycles. The summed E-state index contributed by atoms with van der Waals surface area (Å²) in [7, 11) is 0. The molecule has 1 aliphatic heterocycles. The zero-order chi connectivity index (χ0) is 20.8. The van der Waals surface area contributed by atoms with E-state index < -0.39 is 12.0 Å². The zero-order valence-electron chi connectivity index (χ0n) is 15.5. The highest BCUT2D eigenvalue weighted by Gasteiger charge is 2.29. The van der Waals surface area contributed by atoms with Crippen molar-refractivity contribution in [1.29, 1.82) is 0 Å². The van der Waals surface area contributed by atoms with E-state index in [4.69, 9.17) is 15.2 Å². The second-order valence-electron chi connectivity index (χ2n) is 6.35. The van der Waals surface area contributed by atoms with Crippen LogP contribution in [0, 0.1) is 0 Å². The van der Waals surface area contributed by atoms with Crippen LogP contribution >= 0.6 is 15.9 Å². The molecule has 1 aliphatic rings. The van der Waals surface area contributed by atoms with E-state index in [1.54, 1.807) is 36.4 Å². The number of benzene rings is 2. The van der Waals surface area contributed by atoms with Gasteiger partial charge in [0.25, 0.3) is 11.8 Å². The molecule has 3 amide bonds. The Labute approximate surface area is 176 Å². The lowest BCUT2D eigenvalue weighted by Gasteiger charge is -2.31. The topological polar surface area (TPSA) is 111 Å². The molecular weight excluding hydrogens is 442 g/mol. The van der Waals surface area contributed by atoms with Gasteiger partial charge in [-0.15, -0.1) is 0 Å². The van der Waals surface area contributed by atoms with Gasteiger partial charge in [-0.2, -0.15) is 0 Å². The molecule has 1 heterocycles. The number of carbonyl (C=O) groups is 3. The van der Waals surface area contributed by atoms with Crippen molar-refractivity contribution in [2.24, 2.45) is 5.73 Å². The van der Waals surface area contributed by atoms with Gasteiger partial charge in [0, 0.05) is 16.7 Å². The Hall–Kier alpha value is -2.91. The zero-order valence-corrected chi connectivity index (χ0v) is 17.1. The first kappa shape index (κ1) is 20.8. The van der Waals surface area contributed by atoms with Gasteiger partial charge in [0.2, 0.25) is 5.91 Å². The van der Waals surface area contributed by atoms with Crippen molar-refractivity contribution < 1.29 is 23.9 Å². The van der Waals surface area contributed by atoms with Crippen LogP contribution in [0.5, 0.6) is 5.75 Å². The van der Waals surface area contributed by atoms with Crippen LogP contribution in [0.2, 0.25) is 0 Å². The van der Waals surface area contributed by atoms with Crippen LogP contribution in [0.3, 0.4) is 0 Å². The van der Waals surface area contributed by atoms with E-state index in [2.05, 4.69) is 21.2 Å². The standard InChI is InChI=1S/C20H20BrN3O5/c21-13-5-7-14(8-6-13)23-18(25)12-29-16-4-2-1-3-15(16)20(27)24-9-10-28-17(11-24)19(22)26/h1-8,17H,9-12H2,(H2,22,26)(H,23,25). The van der Waals surface area contributed by atoms with Gasteiger partial charge in [-0.3, -0.25) is 14.4 Å². The molecule has 1 atom stereocenters. The quantitative estimate of drug-likeness (QED) is 0.680. The van der Waals surface area contributed by atoms with Crippen molar-refractivity contribution in [1.82, 2.24) is 4.90 Å². The molecule has 0 aliphatic carbocycles. The molecule has 0 aromatic heterocycles. The van der Waals surface area contributed by atoms with Gasteiger partial charge in [0.05, 0.1) is 18.7 Å². The smallest absolute Gasteiger partial charge is 0.262 e. The number of halogens is 1. The van der Waals surface area contributed by atoms with Crippen molar-refractivity contribution in [2.45, 2.75) is 6.10 Å². The third kappa shape index (κ3) is 5.55. The first-order valence-corrected chi connectivity index (χ1v) is 9.71. The molecule has 0 radical (unpaired) electrons. The van der Waals surface area contributed by atoms with Gasteiger partial charge in [-0.25, -0.2) is 0 Å². The highest BCUT2D eigenvalue weighted by Crippen LogP contribution is 2.21. The average molecular weight is 462 g/mol. The lowest BCUT2D eigenvalue weighted by Crippen LogP contribution is -2.50. The summed E-state index contributed by atoms with van der Waals surface area (Å²) in [6.07, 6.45) is -0.836. The number of hydrogen-bond donors (Lipinski definition) is 2. The predicted molar refractivity (Wildman–Crippen MR) is 110 cm³/mol. The summed E-state index contributed by atoms with van der Waals surface area (Å²) in [5.41, 5.74) is 6.21. The summed E-state index contributed by atoms with van der Waals surface area (Å²) in [5, 5.41) is 2.72. The molecule has 0 spiro atoms. The van der Waals surface area contributed by atoms with E-state index in [1.165, 1.54) is 4.90 Å². The largest absolute Gasteiger partial charge is 0.483 e. The van der Waals surface area contributed by atoms with Crippen LogP contribution in [0.4, 0.5) is 5.69 Å². The number of hydrogen-bond acceptors (Lipinski definition) is 5. The molecule has 3 rings (SSSR count). The number of nitrogens with one attached hydrogen (secondary N) is 1. The van der Waals surface area contributed by atoms with E-state index >= 15 is 0 Å². The average Bonchev–Trinajstić information content (AvgIpc) is 2.73. The molecule has 152 valence electrons. The lowest BCUT2D eigenvalue weighted by atomic mass is 10.1. The number of ether oxygens (including phenoxy) is 2. The Morgan fingerprint density at radius 1 is 1.17 bits per heavy atom. The Morgan fingerprint density at radius 3 is 2.62 bits per heavy atom. The Balaban J connectivity index is 1.64. The van der Waals surface area contributed by atoms with E-state index in [-0.39, 0.29) is 37.3 Å². The minimum Gasteiger partial charge on any atom is -0.483 e. The van der Waals surface area contributed by atoms with Crippen LogP contribution in [0.1, 0.15) is 10.4 Å². The summed E-state index contributed by atoms with van der Waals surface area (Å²) in [6.45, 7) is 0.374. The van der Waals surface area contributed by atoms with Crippen molar-refractivity contribution >= 4 is 39.3 Å². The van der Waals surface area contributed by atoms with Gasteiger partial charge >= 0.3 is 0 Å². The minimum absolute atomic E-state index is 0.0759. The molecule has 3 N–H and O–H groups in total. The number of nitrogens with zero attached hydrogens (tertiary/aromatic N) is 1. The SMILES string of the molecule is NC(=O)C1CN(C(=O)c2ccccc2OCC(=O)Nc2ccc(Br)cc2)CCO1. The number of rotatable bonds is 6. The Kier molecular flexibility index (Phi) is 6.84. The van der Waals surface area contributed by atoms with Crippen LogP contribution in [-0.4, -0.2) is 55.0 Å². The van der Waals surface area contributed by atoms with E-state index in [1.807, 2.05) is 12.1 Å². The summed E-state index contributed by atoms with van der Waals surface area (Å²) < 4.78 is 11.8. The van der Waals surface area contributed by atoms with Crippen LogP contribution in [0.25, 0.3) is 0 Å². The Bertz CT molecular complexity index is 903. The number of morpholine rings is 1. The maximum Gasteiger partial charge on any atom is 0.262 e. The summed E-state index contributed by atoms with van der Waals surface area (Å²) in [4.78, 5) is 37.9. The molecule has 0 bridgehead atoms. The van der Waals surface area contributed by atoms with Crippen molar-refractivity contribution in [3.63, 3.8) is 0 Å². The fraction of sp³-hybridized carbons (Fsp3) is 0.250. The highest BCUT2D eigenvalue weighted by molar-refractivity contribution is 9.10. The maximum atomic E-state index is 12.9. The van der Waals surface area contributed by atoms with Crippen molar-refractivity contribution in [3.05, 3.63) is 58.6 Å². The number of para-hydroxylation sites is 1. The first-order chi connectivity index (χ1) is 13.9. The monoisotopic (exact) mass is 461 g/mol. The van der Waals surface area contributed by atoms with Crippen LogP contribution < -0.4 is 15.8 Å². The third-order valence-corrected chi connectivity index (χ3v) is 4.80. The number of carbonyl (C=O) groups excluding carboxylic acids is 3. The Morgan fingerprint density at radius 2 is 1.90 bits per heavy atom. The van der Waals surface area contributed by atoms with Gasteiger partial charge in [0.1, 0.15) is 5.75 Å². The second kappa shape index (κ2) is 9.53. The number of nitrogens with two attached hydrogens (primary N) is 1. The summed E-state index contributed by atoms with van der Waals surface area (Å²) >= 11 is 3.33. The van der Waals surface area contributed by atoms with Crippen molar-refractivity contribution in [2.75, 3.05) is 31.6 Å². The highest BCUT2D eigenvalue weighted by atomic mass is 79.9. The second-order valence-corrected chi connectivity index (χ2v) is 7.27. The molecule has 2 aromatic carbocycles. The third-order valence-electron chi connectivity index (χ3n) is 4.28. The van der Waals surface area contributed by atoms with E-state index in [9.17, 15) is 14.4 Å². The number of primary amides is 1. The first-order valence-electron chi connectivity index (χ1n) is 8.91. The van der Waals surface area contributed by atoms with E-state index in [0.29, 0.717) is 17.8 Å². The normalized spacial score (nSPS) is 16.2. The lowest BCUT2D eigenvalue weighted by molar-refractivity contribution is -0.133. The van der Waals surface area contributed by atoms with Crippen molar-refractivity contribution in [3.8, 4) is 5.75 Å². The fourth-order valence-electron chi connectivity index (χ4n) is 2.82. The molecule has 2 aromatic rings. The molecule has 1 fully saturated rings. The van der Waals surface area contributed by atoms with Crippen LogP contribution in [0.15, 0.2) is 53.0 Å². The molecule has 9 heteroatoms. The molecule has 1 saturated heterocycles. The van der Waals surface area contributed by atoms with Gasteiger partial charge in [-0.1, -0.05) is 28.1 Å². The van der Waals surface area contributed by atoms with E-state index in [0.717, 1.165) is 4.47 Å². The minimum atomic E-state index is -0.836. The van der Waals surface area contributed by atoms with Gasteiger partial charge < -0.3 is 25.4 Å². The number of anilines is 1. The summed E-state index contributed by atoms with van der Waals surface area (Å²) in [5.74, 6) is -1.000. The molecular formula is C20H20BrN3O5. The number of amides is 3. The molecule has 8 nitrogen and oxygen atoms in total. The summed E-state index contributed by atoms with van der Waals surface area (Å²) in [6, 6.07) is 13.8. The van der Waals surface area contributed by atoms with Gasteiger partial charge in [0.15, 0.2) is 12.7 Å².